The molecule has 0 saturated carbocycles. The van der Waals surface area contributed by atoms with E-state index in [-0.39, 0.29) is 0 Å². The minimum atomic E-state index is 0.341. The van der Waals surface area contributed by atoms with E-state index in [1.54, 1.807) is 0 Å². The molecule has 0 fully saturated rings. The Morgan fingerprint density at radius 1 is 0.950 bits per heavy atom. The van der Waals surface area contributed by atoms with Crippen LogP contribution in [-0.2, 0) is 0 Å². The second-order valence-corrected chi connectivity index (χ2v) is 6.08. The minimum absolute atomic E-state index is 0.341. The van der Waals surface area contributed by atoms with Gasteiger partial charge in [-0.3, -0.25) is 0 Å². The first-order chi connectivity index (χ1) is 9.75. The van der Waals surface area contributed by atoms with Crippen molar-refractivity contribution < 1.29 is 0 Å². The number of halogens is 1. The second kappa shape index (κ2) is 11.2. The van der Waals surface area contributed by atoms with Gasteiger partial charge in [-0.05, 0) is 31.5 Å². The first-order valence-electron chi connectivity index (χ1n) is 8.23. The number of hydrogen-bond donors (Lipinski definition) is 1. The first-order valence-corrected chi connectivity index (χ1v) is 8.61. The molecule has 0 aliphatic rings. The molecule has 0 aliphatic heterocycles. The molecule has 20 heavy (non-hydrogen) atoms. The third kappa shape index (κ3) is 7.31. The molecule has 0 radical (unpaired) electrons. The van der Waals surface area contributed by atoms with Crippen LogP contribution >= 0.6 is 11.6 Å². The Balaban J connectivity index is 2.03. The standard InChI is InChI=1S/C18H30ClN/c1-3-4-5-6-7-8-9-12-15-20-16(2)17-13-10-11-14-18(17)19/h10-11,13-14,16,20H,3-9,12,15H2,1-2H3. The molecule has 1 rings (SSSR count). The van der Waals surface area contributed by atoms with Gasteiger partial charge in [0, 0.05) is 11.1 Å². The average molecular weight is 296 g/mol. The Hall–Kier alpha value is -0.530. The van der Waals surface area contributed by atoms with Crippen LogP contribution in [0, 0.1) is 0 Å². The normalized spacial score (nSPS) is 12.6. The van der Waals surface area contributed by atoms with E-state index in [0.717, 1.165) is 11.6 Å². The Labute approximate surface area is 130 Å². The van der Waals surface area contributed by atoms with Crippen LogP contribution in [0.4, 0.5) is 0 Å². The van der Waals surface area contributed by atoms with E-state index >= 15 is 0 Å². The molecule has 1 aromatic carbocycles. The summed E-state index contributed by atoms with van der Waals surface area (Å²) in [7, 11) is 0. The summed E-state index contributed by atoms with van der Waals surface area (Å²) in [5, 5.41) is 4.43. The summed E-state index contributed by atoms with van der Waals surface area (Å²) in [6, 6.07) is 8.44. The highest BCUT2D eigenvalue weighted by atomic mass is 35.5. The van der Waals surface area contributed by atoms with Gasteiger partial charge in [0.2, 0.25) is 0 Å². The van der Waals surface area contributed by atoms with Crippen molar-refractivity contribution in [3.05, 3.63) is 34.9 Å². The Bertz CT molecular complexity index is 351. The average Bonchev–Trinajstić information content (AvgIpc) is 2.46. The van der Waals surface area contributed by atoms with Crippen LogP contribution in [0.2, 0.25) is 5.02 Å². The van der Waals surface area contributed by atoms with Gasteiger partial charge in [-0.25, -0.2) is 0 Å². The van der Waals surface area contributed by atoms with E-state index in [9.17, 15) is 0 Å². The molecule has 0 aromatic heterocycles. The van der Waals surface area contributed by atoms with Crippen molar-refractivity contribution in [1.82, 2.24) is 5.32 Å². The fourth-order valence-electron chi connectivity index (χ4n) is 2.51. The Morgan fingerprint density at radius 2 is 1.55 bits per heavy atom. The van der Waals surface area contributed by atoms with Crippen LogP contribution in [0.5, 0.6) is 0 Å². The maximum atomic E-state index is 6.20. The van der Waals surface area contributed by atoms with Gasteiger partial charge in [-0.1, -0.05) is 81.7 Å². The van der Waals surface area contributed by atoms with Crippen molar-refractivity contribution in [2.75, 3.05) is 6.54 Å². The molecule has 0 aliphatic carbocycles. The maximum Gasteiger partial charge on any atom is 0.0453 e. The summed E-state index contributed by atoms with van der Waals surface area (Å²) in [4.78, 5) is 0. The van der Waals surface area contributed by atoms with Crippen LogP contribution in [-0.4, -0.2) is 6.54 Å². The second-order valence-electron chi connectivity index (χ2n) is 5.67. The fourth-order valence-corrected chi connectivity index (χ4v) is 2.81. The largest absolute Gasteiger partial charge is 0.310 e. The van der Waals surface area contributed by atoms with E-state index < -0.39 is 0 Å². The predicted molar refractivity (Wildman–Crippen MR) is 90.5 cm³/mol. The SMILES string of the molecule is CCCCCCCCCCNC(C)c1ccccc1Cl. The number of hydrogen-bond acceptors (Lipinski definition) is 1. The highest BCUT2D eigenvalue weighted by Crippen LogP contribution is 2.22. The van der Waals surface area contributed by atoms with E-state index in [2.05, 4.69) is 31.3 Å². The van der Waals surface area contributed by atoms with Gasteiger partial charge in [-0.15, -0.1) is 0 Å². The van der Waals surface area contributed by atoms with Gasteiger partial charge in [0.15, 0.2) is 0 Å². The molecule has 0 amide bonds. The molecular weight excluding hydrogens is 266 g/mol. The van der Waals surface area contributed by atoms with Crippen molar-refractivity contribution in [2.45, 2.75) is 71.3 Å². The number of unbranched alkanes of at least 4 members (excludes halogenated alkanes) is 7. The molecule has 1 aromatic rings. The zero-order valence-corrected chi connectivity index (χ0v) is 13.9. The van der Waals surface area contributed by atoms with E-state index in [1.165, 1.54) is 56.9 Å². The molecule has 2 heteroatoms. The van der Waals surface area contributed by atoms with Gasteiger partial charge in [0.25, 0.3) is 0 Å². The predicted octanol–water partition coefficient (Wildman–Crippen LogP) is 6.13. The van der Waals surface area contributed by atoms with Gasteiger partial charge in [0.1, 0.15) is 0 Å². The van der Waals surface area contributed by atoms with Crippen LogP contribution in [0.3, 0.4) is 0 Å². The van der Waals surface area contributed by atoms with Crippen LogP contribution in [0.1, 0.15) is 76.8 Å². The summed E-state index contributed by atoms with van der Waals surface area (Å²) in [6.45, 7) is 5.54. The summed E-state index contributed by atoms with van der Waals surface area (Å²) in [5.74, 6) is 0. The van der Waals surface area contributed by atoms with Crippen molar-refractivity contribution in [1.29, 1.82) is 0 Å². The van der Waals surface area contributed by atoms with Crippen molar-refractivity contribution in [3.8, 4) is 0 Å². The quantitative estimate of drug-likeness (QED) is 0.484. The molecule has 1 nitrogen and oxygen atoms in total. The van der Waals surface area contributed by atoms with Gasteiger partial charge in [-0.2, -0.15) is 0 Å². The summed E-state index contributed by atoms with van der Waals surface area (Å²) in [6.07, 6.45) is 11.0. The third-order valence-corrected chi connectivity index (χ3v) is 4.20. The lowest BCUT2D eigenvalue weighted by atomic mass is 10.1. The third-order valence-electron chi connectivity index (χ3n) is 3.85. The highest BCUT2D eigenvalue weighted by Gasteiger charge is 2.07. The summed E-state index contributed by atoms with van der Waals surface area (Å²) >= 11 is 6.20. The number of benzene rings is 1. The lowest BCUT2D eigenvalue weighted by molar-refractivity contribution is 0.521. The molecule has 1 N–H and O–H groups in total. The molecule has 1 atom stereocenters. The van der Waals surface area contributed by atoms with Crippen molar-refractivity contribution in [2.24, 2.45) is 0 Å². The summed E-state index contributed by atoms with van der Waals surface area (Å²) < 4.78 is 0. The Kier molecular flexibility index (Phi) is 9.78. The van der Waals surface area contributed by atoms with Crippen molar-refractivity contribution in [3.63, 3.8) is 0 Å². The smallest absolute Gasteiger partial charge is 0.0453 e. The lowest BCUT2D eigenvalue weighted by Crippen LogP contribution is -2.20. The van der Waals surface area contributed by atoms with Crippen LogP contribution < -0.4 is 5.32 Å². The van der Waals surface area contributed by atoms with E-state index in [0.29, 0.717) is 6.04 Å². The minimum Gasteiger partial charge on any atom is -0.310 e. The zero-order chi connectivity index (χ0) is 14.6. The number of nitrogens with one attached hydrogen (secondary N) is 1. The van der Waals surface area contributed by atoms with E-state index in [4.69, 9.17) is 11.6 Å². The van der Waals surface area contributed by atoms with Crippen LogP contribution in [0.15, 0.2) is 24.3 Å². The van der Waals surface area contributed by atoms with E-state index in [1.807, 2.05) is 12.1 Å². The molecular formula is C18H30ClN. The molecule has 1 unspecified atom stereocenters. The van der Waals surface area contributed by atoms with Gasteiger partial charge in [0.05, 0.1) is 0 Å². The first kappa shape index (κ1) is 17.5. The topological polar surface area (TPSA) is 12.0 Å². The van der Waals surface area contributed by atoms with Gasteiger partial charge >= 0.3 is 0 Å². The molecule has 0 heterocycles. The lowest BCUT2D eigenvalue weighted by Gasteiger charge is -2.15. The van der Waals surface area contributed by atoms with Crippen LogP contribution in [0.25, 0.3) is 0 Å². The van der Waals surface area contributed by atoms with Crippen molar-refractivity contribution >= 4 is 11.6 Å². The highest BCUT2D eigenvalue weighted by molar-refractivity contribution is 6.31. The monoisotopic (exact) mass is 295 g/mol. The number of rotatable bonds is 11. The molecule has 114 valence electrons. The fraction of sp³-hybridized carbons (Fsp3) is 0.667. The van der Waals surface area contributed by atoms with Gasteiger partial charge < -0.3 is 5.32 Å². The zero-order valence-electron chi connectivity index (χ0n) is 13.1. The summed E-state index contributed by atoms with van der Waals surface area (Å²) in [5.41, 5.74) is 1.20. The maximum absolute atomic E-state index is 6.20. The molecule has 0 spiro atoms. The Morgan fingerprint density at radius 3 is 2.20 bits per heavy atom. The molecule has 0 saturated heterocycles. The molecule has 0 bridgehead atoms.